The lowest BCUT2D eigenvalue weighted by atomic mass is 9.91. The molecule has 1 aromatic heterocycles. The van der Waals surface area contributed by atoms with E-state index >= 15 is 0 Å². The number of aromatic hydroxyl groups is 2. The maximum absolute atomic E-state index is 10.8. The summed E-state index contributed by atoms with van der Waals surface area (Å²) in [4.78, 5) is 2.09. The van der Waals surface area contributed by atoms with Crippen LogP contribution in [0.25, 0.3) is 28.1 Å². The third-order valence-corrected chi connectivity index (χ3v) is 6.27. The molecule has 0 bridgehead atoms. The number of hydrogen-bond donors (Lipinski definition) is 4. The first-order valence-corrected chi connectivity index (χ1v) is 11.7. The summed E-state index contributed by atoms with van der Waals surface area (Å²) < 4.78 is 5.87. The fourth-order valence-corrected chi connectivity index (χ4v) is 4.33. The monoisotopic (exact) mass is 462 g/mol. The van der Waals surface area contributed by atoms with Gasteiger partial charge in [0, 0.05) is 25.7 Å². The van der Waals surface area contributed by atoms with Crippen molar-refractivity contribution in [3.63, 3.8) is 0 Å². The molecule has 4 rings (SSSR count). The Hall–Kier alpha value is -3.29. The molecule has 3 aromatic rings. The number of phenolic OH excluding ortho intramolecular Hbond substituents is 2. The minimum atomic E-state index is -0.0563. The molecule has 7 nitrogen and oxygen atoms in total. The number of phenols is 2. The van der Waals surface area contributed by atoms with Crippen LogP contribution >= 0.6 is 0 Å². The lowest BCUT2D eigenvalue weighted by Gasteiger charge is -2.19. The Labute approximate surface area is 201 Å². The van der Waals surface area contributed by atoms with Crippen molar-refractivity contribution in [2.45, 2.75) is 32.7 Å². The maximum atomic E-state index is 10.8. The Morgan fingerprint density at radius 3 is 2.71 bits per heavy atom. The van der Waals surface area contributed by atoms with Gasteiger partial charge in [-0.2, -0.15) is 0 Å². The molecule has 1 aliphatic heterocycles. The van der Waals surface area contributed by atoms with E-state index < -0.39 is 0 Å². The van der Waals surface area contributed by atoms with Crippen LogP contribution in [0.1, 0.15) is 42.1 Å². The molecule has 7 heteroatoms. The van der Waals surface area contributed by atoms with Gasteiger partial charge in [0.1, 0.15) is 17.2 Å². The maximum Gasteiger partial charge on any atom is 0.179 e. The summed E-state index contributed by atoms with van der Waals surface area (Å²) in [6.07, 6.45) is 0.948. The molecule has 4 N–H and O–H groups in total. The number of likely N-dealkylation sites (N-methyl/N-ethyl adjacent to an activating group) is 1. The van der Waals surface area contributed by atoms with Crippen LogP contribution in [0.15, 0.2) is 41.4 Å². The molecule has 0 aliphatic carbocycles. The quantitative estimate of drug-likeness (QED) is 0.396. The van der Waals surface area contributed by atoms with E-state index in [2.05, 4.69) is 45.5 Å². The van der Waals surface area contributed by atoms with Gasteiger partial charge in [0.05, 0.1) is 16.8 Å². The van der Waals surface area contributed by atoms with Gasteiger partial charge in [-0.25, -0.2) is 0 Å². The van der Waals surface area contributed by atoms with Gasteiger partial charge in [-0.15, -0.1) is 0 Å². The van der Waals surface area contributed by atoms with Gasteiger partial charge < -0.3 is 30.3 Å². The minimum Gasteiger partial charge on any atom is -0.508 e. The van der Waals surface area contributed by atoms with Gasteiger partial charge in [0.2, 0.25) is 0 Å². The average molecular weight is 463 g/mol. The predicted molar refractivity (Wildman–Crippen MR) is 136 cm³/mol. The summed E-state index contributed by atoms with van der Waals surface area (Å²) in [6.45, 7) is 11.6. The molecular weight excluding hydrogens is 428 g/mol. The van der Waals surface area contributed by atoms with Crippen LogP contribution in [-0.4, -0.2) is 54.0 Å². The van der Waals surface area contributed by atoms with Gasteiger partial charge >= 0.3 is 0 Å². The Morgan fingerprint density at radius 1 is 1.18 bits per heavy atom. The van der Waals surface area contributed by atoms with Crippen LogP contribution < -0.4 is 10.6 Å². The molecule has 0 saturated heterocycles. The van der Waals surface area contributed by atoms with Crippen molar-refractivity contribution in [3.8, 4) is 33.9 Å². The summed E-state index contributed by atoms with van der Waals surface area (Å²) in [6, 6.07) is 9.55. The molecule has 0 radical (unpaired) electrons. The van der Waals surface area contributed by atoms with Crippen molar-refractivity contribution in [1.82, 2.24) is 20.7 Å². The van der Waals surface area contributed by atoms with E-state index in [-0.39, 0.29) is 17.4 Å². The van der Waals surface area contributed by atoms with E-state index in [0.717, 1.165) is 42.7 Å². The zero-order valence-corrected chi connectivity index (χ0v) is 20.4. The average Bonchev–Trinajstić information content (AvgIpc) is 3.23. The van der Waals surface area contributed by atoms with Crippen molar-refractivity contribution in [2.75, 3.05) is 33.7 Å². The normalized spacial score (nSPS) is 13.4. The molecule has 2 aromatic carbocycles. The highest BCUT2D eigenvalue weighted by atomic mass is 16.5. The summed E-state index contributed by atoms with van der Waals surface area (Å²) >= 11 is 0. The number of aromatic nitrogens is 1. The second-order valence-corrected chi connectivity index (χ2v) is 9.44. The smallest absolute Gasteiger partial charge is 0.179 e. The molecule has 2 heterocycles. The first-order chi connectivity index (χ1) is 16.3. The Balaban J connectivity index is 1.85. The molecule has 0 spiro atoms. The van der Waals surface area contributed by atoms with E-state index in [1.165, 1.54) is 17.2 Å². The van der Waals surface area contributed by atoms with Gasteiger partial charge in [-0.3, -0.25) is 0 Å². The molecule has 34 heavy (non-hydrogen) atoms. The van der Waals surface area contributed by atoms with Crippen molar-refractivity contribution in [1.29, 1.82) is 0 Å². The summed E-state index contributed by atoms with van der Waals surface area (Å²) in [5.74, 6) is 0.538. The van der Waals surface area contributed by atoms with E-state index in [9.17, 15) is 10.2 Å². The highest BCUT2D eigenvalue weighted by Gasteiger charge is 2.26. The second kappa shape index (κ2) is 9.91. The van der Waals surface area contributed by atoms with Crippen molar-refractivity contribution >= 4 is 5.70 Å². The summed E-state index contributed by atoms with van der Waals surface area (Å²) in [5.41, 5.74) is 6.81. The third kappa shape index (κ3) is 4.81. The first kappa shape index (κ1) is 23.9. The molecule has 0 fully saturated rings. The van der Waals surface area contributed by atoms with E-state index in [1.54, 1.807) is 6.07 Å². The zero-order valence-electron chi connectivity index (χ0n) is 20.4. The van der Waals surface area contributed by atoms with Gasteiger partial charge in [-0.1, -0.05) is 43.8 Å². The van der Waals surface area contributed by atoms with Gasteiger partial charge in [0.25, 0.3) is 0 Å². The topological polar surface area (TPSA) is 93.8 Å². The summed E-state index contributed by atoms with van der Waals surface area (Å²) in [7, 11) is 4.04. The van der Waals surface area contributed by atoms with Crippen LogP contribution in [-0.2, 0) is 13.0 Å². The van der Waals surface area contributed by atoms with Crippen molar-refractivity contribution < 1.29 is 14.7 Å². The van der Waals surface area contributed by atoms with Crippen LogP contribution in [0, 0.1) is 0 Å². The number of fused-ring (bicyclic) bond motifs is 1. The van der Waals surface area contributed by atoms with Gasteiger partial charge in [-0.05, 0) is 61.3 Å². The number of nitrogens with zero attached hydrogens (tertiary/aromatic N) is 2. The van der Waals surface area contributed by atoms with Crippen LogP contribution in [0.4, 0.5) is 0 Å². The second-order valence-electron chi connectivity index (χ2n) is 9.44. The zero-order chi connectivity index (χ0) is 24.4. The first-order valence-electron chi connectivity index (χ1n) is 11.7. The number of benzene rings is 2. The van der Waals surface area contributed by atoms with Crippen LogP contribution in [0.3, 0.4) is 0 Å². The standard InChI is InChI=1S/C27H34N4O3/c1-16(2)21-13-22(24(33)14-23(21)32)27-25(19-6-7-20-15-28-9-8-18(20)12-19)26(30-34-27)17(3)29-10-11-31(4)5/h6-7,12-14,16,28-29,32-33H,3,8-11,15H2,1-2,4-5H3. The number of nitrogens with one attached hydrogen (secondary N) is 2. The van der Waals surface area contributed by atoms with Crippen LogP contribution in [0.5, 0.6) is 11.5 Å². The fourth-order valence-electron chi connectivity index (χ4n) is 4.33. The van der Waals surface area contributed by atoms with Crippen molar-refractivity contribution in [2.24, 2.45) is 0 Å². The fraction of sp³-hybridized carbons (Fsp3) is 0.370. The molecule has 0 saturated carbocycles. The van der Waals surface area contributed by atoms with Gasteiger partial charge in [0.15, 0.2) is 5.76 Å². The molecular formula is C27H34N4O3. The predicted octanol–water partition coefficient (Wildman–Crippen LogP) is 4.31. The minimum absolute atomic E-state index is 0.0563. The van der Waals surface area contributed by atoms with Crippen LogP contribution in [0.2, 0.25) is 0 Å². The Morgan fingerprint density at radius 2 is 1.97 bits per heavy atom. The van der Waals surface area contributed by atoms with E-state index in [4.69, 9.17) is 4.52 Å². The van der Waals surface area contributed by atoms with Crippen molar-refractivity contribution in [3.05, 3.63) is 59.3 Å². The number of rotatable bonds is 8. The highest BCUT2D eigenvalue weighted by molar-refractivity contribution is 5.89. The molecule has 0 unspecified atom stereocenters. The largest absolute Gasteiger partial charge is 0.508 e. The lowest BCUT2D eigenvalue weighted by Crippen LogP contribution is -2.25. The summed E-state index contributed by atoms with van der Waals surface area (Å²) in [5, 5.41) is 32.3. The number of hydrogen-bond acceptors (Lipinski definition) is 7. The molecule has 1 aliphatic rings. The molecule has 180 valence electrons. The third-order valence-electron chi connectivity index (χ3n) is 6.27. The molecule has 0 amide bonds. The van der Waals surface area contributed by atoms with E-state index in [0.29, 0.717) is 29.3 Å². The SMILES string of the molecule is C=C(NCCN(C)C)c1noc(-c2cc(C(C)C)c(O)cc2O)c1-c1ccc2c(c1)CCNC2. The highest BCUT2D eigenvalue weighted by Crippen LogP contribution is 2.44. The molecule has 0 atom stereocenters. The van der Waals surface area contributed by atoms with E-state index in [1.807, 2.05) is 27.9 Å². The Bertz CT molecular complexity index is 1200. The Kier molecular flexibility index (Phi) is 6.95. The lowest BCUT2D eigenvalue weighted by molar-refractivity contribution is 0.409.